The zero-order valence-electron chi connectivity index (χ0n) is 11.0. The minimum atomic E-state index is -3.44. The smallest absolute Gasteiger partial charge is 0.293 e. The van der Waals surface area contributed by atoms with Gasteiger partial charge in [-0.3, -0.25) is 14.1 Å². The zero-order chi connectivity index (χ0) is 13.8. The molecule has 0 radical (unpaired) electrons. The average molecular weight is 275 g/mol. The standard InChI is InChI=1S/C12H19FNO3P/c1-9(2)16-18(15,17-10(3)4)14-12-7-5-11(13)6-8-12/h5-10H,1-4H3,(H,14,15). The molecule has 0 amide bonds. The van der Waals surface area contributed by atoms with Crippen molar-refractivity contribution in [2.24, 2.45) is 0 Å². The Balaban J connectivity index is 2.84. The first kappa shape index (κ1) is 15.2. The summed E-state index contributed by atoms with van der Waals surface area (Å²) in [6.07, 6.45) is -0.495. The van der Waals surface area contributed by atoms with Gasteiger partial charge in [-0.25, -0.2) is 8.96 Å². The molecule has 0 aliphatic carbocycles. The Hall–Kier alpha value is -0.900. The molecule has 4 nitrogen and oxygen atoms in total. The Morgan fingerprint density at radius 3 is 1.89 bits per heavy atom. The molecule has 18 heavy (non-hydrogen) atoms. The van der Waals surface area contributed by atoms with Crippen LogP contribution >= 0.6 is 7.75 Å². The van der Waals surface area contributed by atoms with Crippen molar-refractivity contribution in [1.82, 2.24) is 0 Å². The van der Waals surface area contributed by atoms with Gasteiger partial charge in [0.25, 0.3) is 0 Å². The maximum absolute atomic E-state index is 12.8. The summed E-state index contributed by atoms with van der Waals surface area (Å²) in [7, 11) is -3.44. The van der Waals surface area contributed by atoms with E-state index in [0.717, 1.165) is 0 Å². The van der Waals surface area contributed by atoms with E-state index in [4.69, 9.17) is 9.05 Å². The van der Waals surface area contributed by atoms with Crippen molar-refractivity contribution in [3.63, 3.8) is 0 Å². The molecule has 0 spiro atoms. The summed E-state index contributed by atoms with van der Waals surface area (Å²) in [5, 5.41) is 2.69. The fourth-order valence-corrected chi connectivity index (χ4v) is 3.05. The Kier molecular flexibility index (Phi) is 5.32. The number of anilines is 1. The second-order valence-corrected chi connectivity index (χ2v) is 6.06. The van der Waals surface area contributed by atoms with E-state index in [2.05, 4.69) is 5.09 Å². The Morgan fingerprint density at radius 2 is 1.50 bits per heavy atom. The SMILES string of the molecule is CC(C)OP(=O)(Nc1ccc(F)cc1)OC(C)C. The van der Waals surface area contributed by atoms with E-state index in [1.54, 1.807) is 27.7 Å². The third-order valence-corrected chi connectivity index (χ3v) is 3.74. The van der Waals surface area contributed by atoms with Gasteiger partial charge in [0.15, 0.2) is 0 Å². The third kappa shape index (κ3) is 5.17. The molecule has 0 aromatic heterocycles. The van der Waals surface area contributed by atoms with Crippen molar-refractivity contribution in [1.29, 1.82) is 0 Å². The van der Waals surface area contributed by atoms with Crippen molar-refractivity contribution < 1.29 is 18.0 Å². The molecule has 0 saturated heterocycles. The summed E-state index contributed by atoms with van der Waals surface area (Å²) < 4.78 is 35.8. The molecule has 6 heteroatoms. The molecular formula is C12H19FNO3P. The molecule has 0 aliphatic heterocycles. The second kappa shape index (κ2) is 6.32. The van der Waals surface area contributed by atoms with Gasteiger partial charge in [-0.1, -0.05) is 0 Å². The fraction of sp³-hybridized carbons (Fsp3) is 0.500. The average Bonchev–Trinajstić information content (AvgIpc) is 2.18. The topological polar surface area (TPSA) is 47.6 Å². The first-order chi connectivity index (χ1) is 8.31. The van der Waals surface area contributed by atoms with Crippen LogP contribution in [0.4, 0.5) is 10.1 Å². The molecule has 0 fully saturated rings. The highest BCUT2D eigenvalue weighted by atomic mass is 31.2. The van der Waals surface area contributed by atoms with E-state index in [9.17, 15) is 8.96 Å². The lowest BCUT2D eigenvalue weighted by atomic mass is 10.3. The van der Waals surface area contributed by atoms with Gasteiger partial charge in [0.05, 0.1) is 12.2 Å². The quantitative estimate of drug-likeness (QED) is 0.790. The molecule has 0 saturated carbocycles. The number of benzene rings is 1. The lowest BCUT2D eigenvalue weighted by molar-refractivity contribution is 0.146. The zero-order valence-corrected chi connectivity index (χ0v) is 11.9. The van der Waals surface area contributed by atoms with Crippen LogP contribution < -0.4 is 5.09 Å². The van der Waals surface area contributed by atoms with E-state index in [0.29, 0.717) is 5.69 Å². The molecule has 1 aromatic carbocycles. The molecule has 1 rings (SSSR count). The predicted octanol–water partition coefficient (Wildman–Crippen LogP) is 4.20. The van der Waals surface area contributed by atoms with Crippen LogP contribution in [0.1, 0.15) is 27.7 Å². The number of nitrogens with one attached hydrogen (secondary N) is 1. The monoisotopic (exact) mass is 275 g/mol. The van der Waals surface area contributed by atoms with Gasteiger partial charge in [0.2, 0.25) is 0 Å². The van der Waals surface area contributed by atoms with Crippen molar-refractivity contribution in [2.75, 3.05) is 5.09 Å². The molecule has 1 aromatic rings. The summed E-state index contributed by atoms with van der Waals surface area (Å²) in [4.78, 5) is 0. The van der Waals surface area contributed by atoms with E-state index in [1.807, 2.05) is 0 Å². The minimum absolute atomic E-state index is 0.248. The van der Waals surface area contributed by atoms with Crippen molar-refractivity contribution in [2.45, 2.75) is 39.9 Å². The summed E-state index contributed by atoms with van der Waals surface area (Å²) >= 11 is 0. The van der Waals surface area contributed by atoms with Crippen LogP contribution in [0.25, 0.3) is 0 Å². The summed E-state index contributed by atoms with van der Waals surface area (Å²) in [5.41, 5.74) is 0.487. The second-order valence-electron chi connectivity index (χ2n) is 4.42. The Morgan fingerprint density at radius 1 is 1.06 bits per heavy atom. The maximum Gasteiger partial charge on any atom is 0.433 e. The highest BCUT2D eigenvalue weighted by Gasteiger charge is 2.27. The normalized spacial score (nSPS) is 12.2. The predicted molar refractivity (Wildman–Crippen MR) is 70.1 cm³/mol. The molecule has 0 heterocycles. The summed E-state index contributed by atoms with van der Waals surface area (Å²) in [6, 6.07) is 5.51. The van der Waals surface area contributed by atoms with Gasteiger partial charge in [-0.05, 0) is 52.0 Å². The van der Waals surface area contributed by atoms with E-state index < -0.39 is 7.75 Å². The largest absolute Gasteiger partial charge is 0.433 e. The van der Waals surface area contributed by atoms with Gasteiger partial charge in [0.1, 0.15) is 5.82 Å². The van der Waals surface area contributed by atoms with Gasteiger partial charge in [-0.15, -0.1) is 0 Å². The number of hydrogen-bond acceptors (Lipinski definition) is 3. The van der Waals surface area contributed by atoms with Crippen molar-refractivity contribution >= 4 is 13.4 Å². The van der Waals surface area contributed by atoms with Crippen LogP contribution in [0.15, 0.2) is 24.3 Å². The molecule has 1 N–H and O–H groups in total. The molecule has 0 bridgehead atoms. The van der Waals surface area contributed by atoms with Crippen LogP contribution in [0.3, 0.4) is 0 Å². The van der Waals surface area contributed by atoms with E-state index in [1.165, 1.54) is 24.3 Å². The number of hydrogen-bond donors (Lipinski definition) is 1. The first-order valence-corrected chi connectivity index (χ1v) is 7.36. The molecule has 0 aliphatic rings. The highest BCUT2D eigenvalue weighted by Crippen LogP contribution is 2.50. The lowest BCUT2D eigenvalue weighted by Gasteiger charge is -2.23. The van der Waals surface area contributed by atoms with Crippen molar-refractivity contribution in [3.05, 3.63) is 30.1 Å². The third-order valence-electron chi connectivity index (χ3n) is 1.81. The summed E-state index contributed by atoms with van der Waals surface area (Å²) in [6.45, 7) is 7.07. The van der Waals surface area contributed by atoms with E-state index in [-0.39, 0.29) is 18.0 Å². The number of rotatable bonds is 6. The number of halogens is 1. The van der Waals surface area contributed by atoms with Gasteiger partial charge < -0.3 is 0 Å². The van der Waals surface area contributed by atoms with Gasteiger partial charge >= 0.3 is 7.75 Å². The Bertz CT molecular complexity index is 406. The Labute approximate surface area is 107 Å². The molecule has 102 valence electrons. The molecule has 0 atom stereocenters. The van der Waals surface area contributed by atoms with Crippen molar-refractivity contribution in [3.8, 4) is 0 Å². The molecular weight excluding hydrogens is 256 g/mol. The minimum Gasteiger partial charge on any atom is -0.293 e. The van der Waals surface area contributed by atoms with E-state index >= 15 is 0 Å². The van der Waals surface area contributed by atoms with Gasteiger partial charge in [-0.2, -0.15) is 0 Å². The van der Waals surface area contributed by atoms with Crippen LogP contribution in [0.2, 0.25) is 0 Å². The van der Waals surface area contributed by atoms with Gasteiger partial charge in [0, 0.05) is 5.69 Å². The first-order valence-electron chi connectivity index (χ1n) is 5.81. The summed E-state index contributed by atoms with van der Waals surface area (Å²) in [5.74, 6) is -0.357. The van der Waals surface area contributed by atoms with Crippen LogP contribution in [-0.4, -0.2) is 12.2 Å². The van der Waals surface area contributed by atoms with Crippen LogP contribution in [0, 0.1) is 5.82 Å². The van der Waals surface area contributed by atoms with Crippen LogP contribution in [0.5, 0.6) is 0 Å². The highest BCUT2D eigenvalue weighted by molar-refractivity contribution is 7.55. The molecule has 0 unspecified atom stereocenters. The fourth-order valence-electron chi connectivity index (χ4n) is 1.32. The van der Waals surface area contributed by atoms with Crippen LogP contribution in [-0.2, 0) is 13.6 Å². The maximum atomic E-state index is 12.8. The lowest BCUT2D eigenvalue weighted by Crippen LogP contribution is -2.13.